The molecule has 3 nitrogen and oxygen atoms in total. The van der Waals surface area contributed by atoms with E-state index in [9.17, 15) is 0 Å². The van der Waals surface area contributed by atoms with Crippen molar-refractivity contribution in [1.29, 1.82) is 0 Å². The minimum absolute atomic E-state index is 0.0906. The fourth-order valence-corrected chi connectivity index (χ4v) is 2.37. The highest BCUT2D eigenvalue weighted by Gasteiger charge is 2.04. The van der Waals surface area contributed by atoms with Crippen molar-refractivity contribution in [2.75, 3.05) is 13.2 Å². The lowest BCUT2D eigenvalue weighted by atomic mass is 10.1. The van der Waals surface area contributed by atoms with Crippen LogP contribution in [0.25, 0.3) is 0 Å². The number of hydrogen-bond acceptors (Lipinski definition) is 3. The van der Waals surface area contributed by atoms with Crippen LogP contribution in [0.4, 0.5) is 0 Å². The summed E-state index contributed by atoms with van der Waals surface area (Å²) >= 11 is 0. The molecular weight excluding hydrogens is 262 g/mol. The molecule has 0 aromatic heterocycles. The summed E-state index contributed by atoms with van der Waals surface area (Å²) in [6.07, 6.45) is 9.68. The molecule has 1 rings (SSSR count). The number of aliphatic hydroxyl groups is 1. The number of ether oxygens (including phenoxy) is 1. The number of nitrogens with two attached hydrogens (primary N) is 1. The zero-order chi connectivity index (χ0) is 15.3. The van der Waals surface area contributed by atoms with Crippen molar-refractivity contribution in [2.24, 2.45) is 5.73 Å². The Morgan fingerprint density at radius 1 is 1.00 bits per heavy atom. The monoisotopic (exact) mass is 293 g/mol. The molecule has 0 saturated heterocycles. The fourth-order valence-electron chi connectivity index (χ4n) is 2.37. The molecule has 0 bridgehead atoms. The second kappa shape index (κ2) is 11.6. The normalized spacial score (nSPS) is 12.3. The van der Waals surface area contributed by atoms with Gasteiger partial charge in [-0.05, 0) is 30.5 Å². The lowest BCUT2D eigenvalue weighted by molar-refractivity contribution is 0.276. The first-order valence-corrected chi connectivity index (χ1v) is 8.37. The Kier molecular flexibility index (Phi) is 9.92. The van der Waals surface area contributed by atoms with Crippen molar-refractivity contribution in [3.63, 3.8) is 0 Å². The van der Waals surface area contributed by atoms with Crippen molar-refractivity contribution in [3.05, 3.63) is 29.8 Å². The zero-order valence-electron chi connectivity index (χ0n) is 13.4. The minimum Gasteiger partial charge on any atom is -0.494 e. The smallest absolute Gasteiger partial charge is 0.119 e. The highest BCUT2D eigenvalue weighted by Crippen LogP contribution is 2.18. The number of aliphatic hydroxyl groups excluding tert-OH is 1. The molecule has 0 radical (unpaired) electrons. The quantitative estimate of drug-likeness (QED) is 0.568. The van der Waals surface area contributed by atoms with Gasteiger partial charge in [0, 0.05) is 12.6 Å². The molecule has 3 heteroatoms. The van der Waals surface area contributed by atoms with Gasteiger partial charge in [-0.25, -0.2) is 0 Å². The highest BCUT2D eigenvalue weighted by atomic mass is 16.5. The predicted molar refractivity (Wildman–Crippen MR) is 88.6 cm³/mol. The summed E-state index contributed by atoms with van der Waals surface area (Å²) in [6, 6.07) is 7.81. The van der Waals surface area contributed by atoms with Crippen LogP contribution in [0.2, 0.25) is 0 Å². The van der Waals surface area contributed by atoms with Crippen LogP contribution in [0.1, 0.15) is 69.9 Å². The third-order valence-electron chi connectivity index (χ3n) is 3.76. The maximum atomic E-state index is 8.88. The van der Waals surface area contributed by atoms with Gasteiger partial charge in [-0.1, -0.05) is 57.6 Å². The molecule has 0 heterocycles. The second-order valence-electron chi connectivity index (χ2n) is 5.66. The second-order valence-corrected chi connectivity index (χ2v) is 5.66. The molecule has 3 N–H and O–H groups in total. The Balaban J connectivity index is 2.12. The summed E-state index contributed by atoms with van der Waals surface area (Å²) in [5, 5.41) is 8.88. The number of hydrogen-bond donors (Lipinski definition) is 2. The summed E-state index contributed by atoms with van der Waals surface area (Å²) in [4.78, 5) is 0. The molecule has 0 spiro atoms. The molecule has 0 saturated carbocycles. The molecule has 1 aromatic rings. The van der Waals surface area contributed by atoms with Gasteiger partial charge in [0.1, 0.15) is 5.75 Å². The molecule has 0 aliphatic rings. The van der Waals surface area contributed by atoms with Crippen molar-refractivity contribution < 1.29 is 9.84 Å². The summed E-state index contributed by atoms with van der Waals surface area (Å²) in [5.41, 5.74) is 6.99. The van der Waals surface area contributed by atoms with Crippen molar-refractivity contribution in [2.45, 2.75) is 64.3 Å². The van der Waals surface area contributed by atoms with Gasteiger partial charge in [0.2, 0.25) is 0 Å². The molecule has 1 aromatic carbocycles. The van der Waals surface area contributed by atoms with Crippen LogP contribution in [0.3, 0.4) is 0 Å². The van der Waals surface area contributed by atoms with E-state index in [1.165, 1.54) is 38.5 Å². The Labute approximate surface area is 129 Å². The maximum absolute atomic E-state index is 8.88. The van der Waals surface area contributed by atoms with E-state index in [0.29, 0.717) is 6.42 Å². The first-order valence-electron chi connectivity index (χ1n) is 8.37. The van der Waals surface area contributed by atoms with E-state index < -0.39 is 0 Å². The van der Waals surface area contributed by atoms with Gasteiger partial charge >= 0.3 is 0 Å². The van der Waals surface area contributed by atoms with Crippen molar-refractivity contribution in [1.82, 2.24) is 0 Å². The maximum Gasteiger partial charge on any atom is 0.119 e. The van der Waals surface area contributed by atoms with Crippen LogP contribution >= 0.6 is 0 Å². The highest BCUT2D eigenvalue weighted by molar-refractivity contribution is 5.29. The molecule has 120 valence electrons. The fraction of sp³-hybridized carbons (Fsp3) is 0.667. The molecule has 1 atom stereocenters. The van der Waals surface area contributed by atoms with Gasteiger partial charge in [0.05, 0.1) is 6.61 Å². The van der Waals surface area contributed by atoms with Gasteiger partial charge in [-0.3, -0.25) is 0 Å². The predicted octanol–water partition coefficient (Wildman–Crippen LogP) is 4.20. The van der Waals surface area contributed by atoms with Crippen molar-refractivity contribution in [3.8, 4) is 5.75 Å². The Morgan fingerprint density at radius 3 is 2.24 bits per heavy atom. The van der Waals surface area contributed by atoms with E-state index in [1.807, 2.05) is 24.3 Å². The largest absolute Gasteiger partial charge is 0.494 e. The van der Waals surface area contributed by atoms with E-state index in [2.05, 4.69) is 6.92 Å². The number of unbranched alkanes of at least 4 members (excludes halogenated alkanes) is 6. The zero-order valence-corrected chi connectivity index (χ0v) is 13.4. The molecule has 21 heavy (non-hydrogen) atoms. The Hall–Kier alpha value is -1.06. The summed E-state index contributed by atoms with van der Waals surface area (Å²) in [7, 11) is 0. The van der Waals surface area contributed by atoms with E-state index in [1.54, 1.807) is 0 Å². The number of rotatable bonds is 12. The molecule has 0 aliphatic carbocycles. The van der Waals surface area contributed by atoms with E-state index >= 15 is 0 Å². The van der Waals surface area contributed by atoms with Gasteiger partial charge in [0.25, 0.3) is 0 Å². The minimum atomic E-state index is -0.0906. The van der Waals surface area contributed by atoms with E-state index in [-0.39, 0.29) is 12.6 Å². The van der Waals surface area contributed by atoms with Crippen LogP contribution in [-0.4, -0.2) is 18.3 Å². The summed E-state index contributed by atoms with van der Waals surface area (Å²) in [5.74, 6) is 0.904. The van der Waals surface area contributed by atoms with Gasteiger partial charge in [-0.2, -0.15) is 0 Å². The van der Waals surface area contributed by atoms with E-state index in [0.717, 1.165) is 24.3 Å². The average Bonchev–Trinajstić information content (AvgIpc) is 2.51. The topological polar surface area (TPSA) is 55.5 Å². The first-order chi connectivity index (χ1) is 10.3. The van der Waals surface area contributed by atoms with Crippen molar-refractivity contribution >= 4 is 0 Å². The molecular formula is C18H31NO2. The van der Waals surface area contributed by atoms with Crippen LogP contribution < -0.4 is 10.5 Å². The van der Waals surface area contributed by atoms with Gasteiger partial charge in [0.15, 0.2) is 0 Å². The Morgan fingerprint density at radius 2 is 1.62 bits per heavy atom. The van der Waals surface area contributed by atoms with Crippen LogP contribution in [0, 0.1) is 0 Å². The third-order valence-corrected chi connectivity index (χ3v) is 3.76. The van der Waals surface area contributed by atoms with Crippen LogP contribution in [-0.2, 0) is 0 Å². The summed E-state index contributed by atoms with van der Waals surface area (Å²) < 4.78 is 5.74. The number of benzene rings is 1. The molecule has 1 unspecified atom stereocenters. The molecule has 0 amide bonds. The summed E-state index contributed by atoms with van der Waals surface area (Å²) in [6.45, 7) is 3.16. The van der Waals surface area contributed by atoms with Crippen LogP contribution in [0.5, 0.6) is 5.75 Å². The molecule has 0 aliphatic heterocycles. The third kappa shape index (κ3) is 8.08. The average molecular weight is 293 g/mol. The lowest BCUT2D eigenvalue weighted by Crippen LogP contribution is -2.11. The lowest BCUT2D eigenvalue weighted by Gasteiger charge is -2.11. The first kappa shape index (κ1) is 18.0. The van der Waals surface area contributed by atoms with Crippen LogP contribution in [0.15, 0.2) is 24.3 Å². The molecule has 0 fully saturated rings. The van der Waals surface area contributed by atoms with E-state index in [4.69, 9.17) is 15.6 Å². The Bertz CT molecular complexity index is 351. The van der Waals surface area contributed by atoms with Gasteiger partial charge in [-0.15, -0.1) is 0 Å². The van der Waals surface area contributed by atoms with Gasteiger partial charge < -0.3 is 15.6 Å². The standard InChI is InChI=1S/C18H31NO2/c1-2-3-4-5-6-7-8-15-21-17-11-9-16(10-12-17)18(19)13-14-20/h9-12,18,20H,2-8,13-15,19H2,1H3. The SMILES string of the molecule is CCCCCCCCCOc1ccc(C(N)CCO)cc1.